The molecule has 0 aliphatic carbocycles. The fraction of sp³-hybridized carbons (Fsp3) is 0.714. The summed E-state index contributed by atoms with van der Waals surface area (Å²) in [6.07, 6.45) is 0. The lowest BCUT2D eigenvalue weighted by atomic mass is 10.1. The van der Waals surface area contributed by atoms with Crippen molar-refractivity contribution in [2.45, 2.75) is 26.8 Å². The third-order valence-electron chi connectivity index (χ3n) is 1.29. The highest BCUT2D eigenvalue weighted by Gasteiger charge is 2.21. The maximum absolute atomic E-state index is 10.5. The molecule has 0 spiro atoms. The summed E-state index contributed by atoms with van der Waals surface area (Å²) in [7, 11) is 0. The first-order valence-electron chi connectivity index (χ1n) is 3.45. The Kier molecular flexibility index (Phi) is 3.57. The minimum absolute atomic E-state index is 0.0867. The van der Waals surface area contributed by atoms with E-state index in [0.717, 1.165) is 0 Å². The molecule has 1 atom stereocenters. The Bertz CT molecular complexity index is 165. The first kappa shape index (κ1) is 9.94. The number of amides is 1. The van der Waals surface area contributed by atoms with E-state index >= 15 is 0 Å². The van der Waals surface area contributed by atoms with Crippen LogP contribution in [0.4, 0.5) is 0 Å². The van der Waals surface area contributed by atoms with Gasteiger partial charge in [0.2, 0.25) is 5.91 Å². The number of hydrogen-bond donors (Lipinski definition) is 2. The molecule has 0 bridgehead atoms. The molecular weight excluding hydrogens is 146 g/mol. The van der Waals surface area contributed by atoms with E-state index in [2.05, 4.69) is 5.32 Å². The molecule has 0 aliphatic heterocycles. The summed E-state index contributed by atoms with van der Waals surface area (Å²) in [6.45, 7) is 4.79. The maximum atomic E-state index is 10.5. The SMILES string of the molecule is CC(=O)NC(C(=O)O)C(C)C. The van der Waals surface area contributed by atoms with Gasteiger partial charge in [-0.05, 0) is 5.92 Å². The minimum Gasteiger partial charge on any atom is -0.480 e. The van der Waals surface area contributed by atoms with E-state index in [-0.39, 0.29) is 11.8 Å². The van der Waals surface area contributed by atoms with Crippen molar-refractivity contribution >= 4 is 11.9 Å². The highest BCUT2D eigenvalue weighted by molar-refractivity contribution is 5.82. The number of carbonyl (C=O) groups excluding carboxylic acids is 1. The molecule has 1 amide bonds. The van der Waals surface area contributed by atoms with Gasteiger partial charge in [-0.15, -0.1) is 0 Å². The van der Waals surface area contributed by atoms with E-state index < -0.39 is 12.0 Å². The Morgan fingerprint density at radius 1 is 1.36 bits per heavy atom. The maximum Gasteiger partial charge on any atom is 0.326 e. The topological polar surface area (TPSA) is 66.4 Å². The van der Waals surface area contributed by atoms with Crippen molar-refractivity contribution in [1.29, 1.82) is 0 Å². The summed E-state index contributed by atoms with van der Waals surface area (Å²) < 4.78 is 0. The van der Waals surface area contributed by atoms with E-state index in [1.807, 2.05) is 0 Å². The molecule has 4 heteroatoms. The van der Waals surface area contributed by atoms with Crippen molar-refractivity contribution in [2.24, 2.45) is 5.92 Å². The van der Waals surface area contributed by atoms with Gasteiger partial charge < -0.3 is 10.4 Å². The second-order valence-corrected chi connectivity index (χ2v) is 2.76. The highest BCUT2D eigenvalue weighted by atomic mass is 16.4. The number of rotatable bonds is 3. The molecule has 0 fully saturated rings. The quantitative estimate of drug-likeness (QED) is 0.619. The minimum atomic E-state index is -0.991. The van der Waals surface area contributed by atoms with E-state index in [9.17, 15) is 9.59 Å². The largest absolute Gasteiger partial charge is 0.480 e. The average Bonchev–Trinajstić information content (AvgIpc) is 1.81. The molecule has 0 aliphatic rings. The van der Waals surface area contributed by atoms with Crippen LogP contribution in [0.3, 0.4) is 0 Å². The van der Waals surface area contributed by atoms with E-state index in [1.165, 1.54) is 6.92 Å². The number of carboxylic acid groups (broad SMARTS) is 1. The van der Waals surface area contributed by atoms with Gasteiger partial charge in [-0.2, -0.15) is 0 Å². The predicted octanol–water partition coefficient (Wildman–Crippen LogP) is 0.232. The number of carboxylic acids is 1. The molecule has 0 aromatic carbocycles. The van der Waals surface area contributed by atoms with Crippen LogP contribution in [0.2, 0.25) is 0 Å². The van der Waals surface area contributed by atoms with Crippen molar-refractivity contribution in [3.05, 3.63) is 0 Å². The molecule has 0 radical (unpaired) electrons. The molecule has 11 heavy (non-hydrogen) atoms. The molecule has 2 N–H and O–H groups in total. The molecule has 0 aromatic heterocycles. The van der Waals surface area contributed by atoms with Crippen LogP contribution in [0.5, 0.6) is 0 Å². The molecule has 0 saturated heterocycles. The summed E-state index contributed by atoms with van der Waals surface area (Å²) in [5.74, 6) is -1.39. The Labute approximate surface area is 65.6 Å². The van der Waals surface area contributed by atoms with Gasteiger partial charge >= 0.3 is 5.97 Å². The van der Waals surface area contributed by atoms with Crippen LogP contribution in [0.15, 0.2) is 0 Å². The molecule has 4 nitrogen and oxygen atoms in total. The normalized spacial score (nSPS) is 12.7. The fourth-order valence-corrected chi connectivity index (χ4v) is 0.733. The lowest BCUT2D eigenvalue weighted by Crippen LogP contribution is -2.43. The number of carbonyl (C=O) groups is 2. The summed E-state index contributed by atoms with van der Waals surface area (Å²) in [5, 5.41) is 10.9. The Balaban J connectivity index is 4.12. The van der Waals surface area contributed by atoms with E-state index in [4.69, 9.17) is 5.11 Å². The van der Waals surface area contributed by atoms with Crippen LogP contribution >= 0.6 is 0 Å². The smallest absolute Gasteiger partial charge is 0.326 e. The zero-order chi connectivity index (χ0) is 9.02. The summed E-state index contributed by atoms with van der Waals surface area (Å²) in [5.41, 5.74) is 0. The standard InChI is InChI=1S/C7H13NO3/c1-4(2)6(7(10)11)8-5(3)9/h4,6H,1-3H3,(H,8,9)(H,10,11). The van der Waals surface area contributed by atoms with E-state index in [1.54, 1.807) is 13.8 Å². The number of nitrogens with one attached hydrogen (secondary N) is 1. The first-order chi connectivity index (χ1) is 4.95. The molecule has 0 aromatic rings. The van der Waals surface area contributed by atoms with Gasteiger partial charge in [0, 0.05) is 6.92 Å². The van der Waals surface area contributed by atoms with Crippen molar-refractivity contribution in [2.75, 3.05) is 0 Å². The lowest BCUT2D eigenvalue weighted by Gasteiger charge is -2.16. The van der Waals surface area contributed by atoms with E-state index in [0.29, 0.717) is 0 Å². The third kappa shape index (κ3) is 3.60. The molecule has 0 rings (SSSR count). The monoisotopic (exact) mass is 159 g/mol. The van der Waals surface area contributed by atoms with Gasteiger partial charge in [-0.3, -0.25) is 4.79 Å². The zero-order valence-corrected chi connectivity index (χ0v) is 6.92. The van der Waals surface area contributed by atoms with Crippen LogP contribution in [-0.2, 0) is 9.59 Å². The summed E-state index contributed by atoms with van der Waals surface area (Å²) in [6, 6.07) is -0.771. The van der Waals surface area contributed by atoms with Gasteiger partial charge in [0.1, 0.15) is 6.04 Å². The van der Waals surface area contributed by atoms with Crippen molar-refractivity contribution in [3.8, 4) is 0 Å². The van der Waals surface area contributed by atoms with Crippen LogP contribution < -0.4 is 5.32 Å². The first-order valence-corrected chi connectivity index (χ1v) is 3.45. The van der Waals surface area contributed by atoms with Crippen LogP contribution in [0.25, 0.3) is 0 Å². The second-order valence-electron chi connectivity index (χ2n) is 2.76. The molecular formula is C7H13NO3. The molecule has 64 valence electrons. The third-order valence-corrected chi connectivity index (χ3v) is 1.29. The average molecular weight is 159 g/mol. The second kappa shape index (κ2) is 3.95. The number of hydrogen-bond acceptors (Lipinski definition) is 2. The van der Waals surface area contributed by atoms with Crippen molar-refractivity contribution in [3.63, 3.8) is 0 Å². The van der Waals surface area contributed by atoms with Crippen LogP contribution in [0.1, 0.15) is 20.8 Å². The summed E-state index contributed by atoms with van der Waals surface area (Å²) >= 11 is 0. The highest BCUT2D eigenvalue weighted by Crippen LogP contribution is 2.00. The van der Waals surface area contributed by atoms with Gasteiger partial charge in [0.15, 0.2) is 0 Å². The summed E-state index contributed by atoms with van der Waals surface area (Å²) in [4.78, 5) is 21.0. The number of aliphatic carboxylic acids is 1. The Hall–Kier alpha value is -1.06. The zero-order valence-electron chi connectivity index (χ0n) is 6.92. The molecule has 1 unspecified atom stereocenters. The van der Waals surface area contributed by atoms with Gasteiger partial charge in [-0.1, -0.05) is 13.8 Å². The Morgan fingerprint density at radius 3 is 1.91 bits per heavy atom. The fourth-order valence-electron chi connectivity index (χ4n) is 0.733. The molecule has 0 heterocycles. The predicted molar refractivity (Wildman–Crippen MR) is 40.1 cm³/mol. The molecule has 0 saturated carbocycles. The lowest BCUT2D eigenvalue weighted by molar-refractivity contribution is -0.142. The Morgan fingerprint density at radius 2 is 1.82 bits per heavy atom. The van der Waals surface area contributed by atoms with Crippen LogP contribution in [0, 0.1) is 5.92 Å². The van der Waals surface area contributed by atoms with Gasteiger partial charge in [0.25, 0.3) is 0 Å². The van der Waals surface area contributed by atoms with Crippen molar-refractivity contribution in [1.82, 2.24) is 5.32 Å². The van der Waals surface area contributed by atoms with Crippen molar-refractivity contribution < 1.29 is 14.7 Å². The van der Waals surface area contributed by atoms with Gasteiger partial charge in [0.05, 0.1) is 0 Å². The van der Waals surface area contributed by atoms with Crippen LogP contribution in [-0.4, -0.2) is 23.0 Å². The van der Waals surface area contributed by atoms with Gasteiger partial charge in [-0.25, -0.2) is 4.79 Å².